The summed E-state index contributed by atoms with van der Waals surface area (Å²) in [5, 5.41) is 1.00. The van der Waals surface area contributed by atoms with Crippen molar-refractivity contribution in [1.29, 1.82) is 0 Å². The third-order valence-electron chi connectivity index (χ3n) is 7.15. The second-order valence-corrected chi connectivity index (χ2v) is 12.3. The molecule has 4 rings (SSSR count). The number of carbonyl (C=O) groups is 1. The summed E-state index contributed by atoms with van der Waals surface area (Å²) in [6.45, 7) is 1.87. The van der Waals surface area contributed by atoms with Gasteiger partial charge in [0.1, 0.15) is 11.9 Å². The van der Waals surface area contributed by atoms with Crippen molar-refractivity contribution in [2.24, 2.45) is 5.92 Å². The number of carbonyl (C=O) groups excluding carboxylic acids is 1. The average molecular weight is 555 g/mol. The molecule has 1 N–H and O–H groups in total. The third-order valence-corrected chi connectivity index (χ3v) is 9.25. The lowest BCUT2D eigenvalue weighted by molar-refractivity contribution is -0.124. The summed E-state index contributed by atoms with van der Waals surface area (Å²) in [7, 11) is -0.112. The van der Waals surface area contributed by atoms with Gasteiger partial charge in [0.15, 0.2) is 0 Å². The molecule has 2 aromatic carbocycles. The molecule has 0 spiro atoms. The van der Waals surface area contributed by atoms with E-state index < -0.39 is 15.9 Å². The van der Waals surface area contributed by atoms with Crippen LogP contribution in [0.4, 0.5) is 5.69 Å². The first-order valence-electron chi connectivity index (χ1n) is 12.3. The standard InChI is InChI=1S/C26H33Cl2N3O4S/c1-30(2)19-7-10-23(11-8-19)36(33,34)29-26(32)18-3-5-20(6-4-18)31-15-13-21(14-16-31)35-22-9-12-24(27)25(28)17-22/h7-12,17-18,20-21H,3-6,13-16H2,1-2H3,(H,29,32)/t18-,20-. The van der Waals surface area contributed by atoms with Crippen molar-refractivity contribution in [3.63, 3.8) is 0 Å². The summed E-state index contributed by atoms with van der Waals surface area (Å²) in [4.78, 5) is 17.2. The number of rotatable bonds is 7. The second kappa shape index (κ2) is 11.6. The fourth-order valence-electron chi connectivity index (χ4n) is 5.00. The number of piperidine rings is 1. The Balaban J connectivity index is 1.23. The van der Waals surface area contributed by atoms with Crippen molar-refractivity contribution >= 4 is 44.8 Å². The number of amides is 1. The van der Waals surface area contributed by atoms with Crippen molar-refractivity contribution in [2.45, 2.75) is 55.6 Å². The monoisotopic (exact) mass is 553 g/mol. The molecular weight excluding hydrogens is 521 g/mol. The maximum absolute atomic E-state index is 12.8. The zero-order valence-corrected chi connectivity index (χ0v) is 23.0. The molecule has 2 aliphatic rings. The predicted octanol–water partition coefficient (Wildman–Crippen LogP) is 4.97. The van der Waals surface area contributed by atoms with Crippen LogP contribution in [-0.4, -0.2) is 58.6 Å². The van der Waals surface area contributed by atoms with Crippen LogP contribution in [0.25, 0.3) is 0 Å². The van der Waals surface area contributed by atoms with Gasteiger partial charge in [-0.1, -0.05) is 23.2 Å². The summed E-state index contributed by atoms with van der Waals surface area (Å²) in [5.74, 6) is 0.0458. The topological polar surface area (TPSA) is 79.0 Å². The van der Waals surface area contributed by atoms with Crippen LogP contribution in [0.15, 0.2) is 47.4 Å². The zero-order valence-electron chi connectivity index (χ0n) is 20.6. The summed E-state index contributed by atoms with van der Waals surface area (Å²) in [6, 6.07) is 12.2. The van der Waals surface area contributed by atoms with Crippen LogP contribution in [0.5, 0.6) is 5.75 Å². The van der Waals surface area contributed by atoms with Crippen LogP contribution in [0.1, 0.15) is 38.5 Å². The van der Waals surface area contributed by atoms with Crippen molar-refractivity contribution in [1.82, 2.24) is 9.62 Å². The van der Waals surface area contributed by atoms with E-state index in [1.165, 1.54) is 12.1 Å². The van der Waals surface area contributed by atoms with Gasteiger partial charge in [0.05, 0.1) is 14.9 Å². The first kappa shape index (κ1) is 27.0. The number of nitrogens with one attached hydrogen (secondary N) is 1. The van der Waals surface area contributed by atoms with E-state index in [0.717, 1.165) is 50.2 Å². The SMILES string of the molecule is CN(C)c1ccc(S(=O)(=O)NC(=O)[C@H]2CC[C@H](N3CCC(Oc4ccc(Cl)c(Cl)c4)CC3)CC2)cc1. The van der Waals surface area contributed by atoms with Gasteiger partial charge >= 0.3 is 0 Å². The molecule has 10 heteroatoms. The quantitative estimate of drug-likeness (QED) is 0.521. The Morgan fingerprint density at radius 3 is 2.17 bits per heavy atom. The molecule has 1 aliphatic heterocycles. The van der Waals surface area contributed by atoms with Crippen LogP contribution in [-0.2, 0) is 14.8 Å². The predicted molar refractivity (Wildman–Crippen MR) is 144 cm³/mol. The molecule has 7 nitrogen and oxygen atoms in total. The molecule has 1 aliphatic carbocycles. The lowest BCUT2D eigenvalue weighted by atomic mass is 9.84. The Morgan fingerprint density at radius 1 is 0.944 bits per heavy atom. The molecule has 1 saturated heterocycles. The number of sulfonamides is 1. The molecule has 1 saturated carbocycles. The van der Waals surface area contributed by atoms with Gasteiger partial charge in [-0.05, 0) is 74.9 Å². The number of hydrogen-bond acceptors (Lipinski definition) is 6. The van der Waals surface area contributed by atoms with Gasteiger partial charge in [-0.3, -0.25) is 4.79 Å². The number of ether oxygens (including phenoxy) is 1. The Bertz CT molecular complexity index is 1160. The third kappa shape index (κ3) is 6.65. The number of benzene rings is 2. The molecule has 0 unspecified atom stereocenters. The van der Waals surface area contributed by atoms with E-state index in [4.69, 9.17) is 27.9 Å². The normalized spacial score (nSPS) is 21.7. The highest BCUT2D eigenvalue weighted by molar-refractivity contribution is 7.90. The first-order chi connectivity index (χ1) is 17.1. The molecule has 1 heterocycles. The Hall–Kier alpha value is -2.00. The number of hydrogen-bond donors (Lipinski definition) is 1. The van der Waals surface area contributed by atoms with E-state index in [9.17, 15) is 13.2 Å². The molecule has 196 valence electrons. The number of nitrogens with zero attached hydrogens (tertiary/aromatic N) is 2. The minimum atomic E-state index is -3.88. The second-order valence-electron chi connectivity index (χ2n) is 9.79. The summed E-state index contributed by atoms with van der Waals surface area (Å²) in [6.07, 6.45) is 5.12. The number of likely N-dealkylation sites (tertiary alicyclic amines) is 1. The fraction of sp³-hybridized carbons (Fsp3) is 0.500. The van der Waals surface area contributed by atoms with Gasteiger partial charge in [0, 0.05) is 50.9 Å². The highest BCUT2D eigenvalue weighted by atomic mass is 35.5. The maximum Gasteiger partial charge on any atom is 0.264 e. The van der Waals surface area contributed by atoms with Gasteiger partial charge in [-0.15, -0.1) is 0 Å². The molecule has 0 radical (unpaired) electrons. The van der Waals surface area contributed by atoms with Gasteiger partial charge in [-0.2, -0.15) is 0 Å². The van der Waals surface area contributed by atoms with Crippen LogP contribution in [0, 0.1) is 5.92 Å². The van der Waals surface area contributed by atoms with E-state index in [2.05, 4.69) is 9.62 Å². The Labute approximate surface area is 223 Å². The highest BCUT2D eigenvalue weighted by Gasteiger charge is 2.33. The number of anilines is 1. The van der Waals surface area contributed by atoms with Crippen LogP contribution in [0.2, 0.25) is 10.0 Å². The number of halogens is 2. The van der Waals surface area contributed by atoms with Crippen LogP contribution in [0.3, 0.4) is 0 Å². The minimum absolute atomic E-state index is 0.0982. The van der Waals surface area contributed by atoms with E-state index in [1.807, 2.05) is 25.1 Å². The molecule has 1 amide bonds. The summed E-state index contributed by atoms with van der Waals surface area (Å²) >= 11 is 12.1. The van der Waals surface area contributed by atoms with E-state index in [-0.39, 0.29) is 16.9 Å². The molecule has 2 fully saturated rings. The van der Waals surface area contributed by atoms with Gasteiger partial charge in [0.25, 0.3) is 10.0 Å². The first-order valence-corrected chi connectivity index (χ1v) is 14.6. The summed E-state index contributed by atoms with van der Waals surface area (Å²) < 4.78 is 33.8. The molecule has 0 atom stereocenters. The van der Waals surface area contributed by atoms with Gasteiger partial charge in [0.2, 0.25) is 5.91 Å². The molecule has 0 aromatic heterocycles. The van der Waals surface area contributed by atoms with E-state index in [0.29, 0.717) is 28.9 Å². The largest absolute Gasteiger partial charge is 0.490 e. The van der Waals surface area contributed by atoms with Gasteiger partial charge in [-0.25, -0.2) is 13.1 Å². The minimum Gasteiger partial charge on any atom is -0.490 e. The van der Waals surface area contributed by atoms with Crippen LogP contribution >= 0.6 is 23.2 Å². The Morgan fingerprint density at radius 2 is 1.58 bits per heavy atom. The van der Waals surface area contributed by atoms with Crippen molar-refractivity contribution in [2.75, 3.05) is 32.1 Å². The van der Waals surface area contributed by atoms with Gasteiger partial charge < -0.3 is 14.5 Å². The smallest absolute Gasteiger partial charge is 0.264 e. The summed E-state index contributed by atoms with van der Waals surface area (Å²) in [5.41, 5.74) is 0.892. The fourth-order valence-corrected chi connectivity index (χ4v) is 6.33. The van der Waals surface area contributed by atoms with Crippen molar-refractivity contribution in [3.8, 4) is 5.75 Å². The average Bonchev–Trinajstić information content (AvgIpc) is 2.86. The molecule has 0 bridgehead atoms. The van der Waals surface area contributed by atoms with E-state index >= 15 is 0 Å². The van der Waals surface area contributed by atoms with Crippen LogP contribution < -0.4 is 14.4 Å². The van der Waals surface area contributed by atoms with Crippen molar-refractivity contribution < 1.29 is 17.9 Å². The Kier molecular flexibility index (Phi) is 8.71. The lowest BCUT2D eigenvalue weighted by Gasteiger charge is -2.40. The molecular formula is C26H33Cl2N3O4S. The van der Waals surface area contributed by atoms with E-state index in [1.54, 1.807) is 24.3 Å². The zero-order chi connectivity index (χ0) is 25.9. The lowest BCUT2D eigenvalue weighted by Crippen LogP contribution is -2.46. The molecule has 36 heavy (non-hydrogen) atoms. The maximum atomic E-state index is 12.8. The van der Waals surface area contributed by atoms with Crippen molar-refractivity contribution in [3.05, 3.63) is 52.5 Å². The molecule has 2 aromatic rings. The highest BCUT2D eigenvalue weighted by Crippen LogP contribution is 2.32.